The summed E-state index contributed by atoms with van der Waals surface area (Å²) in [5.74, 6) is -3.26. The minimum absolute atomic E-state index is 0.237. The first kappa shape index (κ1) is 16.2. The van der Waals surface area contributed by atoms with Crippen molar-refractivity contribution < 1.29 is 29.6 Å². The highest BCUT2D eigenvalue weighted by Gasteiger charge is 2.28. The third kappa shape index (κ3) is 3.06. The summed E-state index contributed by atoms with van der Waals surface area (Å²) in [6.45, 7) is 0. The average Bonchev–Trinajstić information content (AvgIpc) is 2.57. The van der Waals surface area contributed by atoms with Crippen LogP contribution in [0.2, 0.25) is 0 Å². The Kier molecular flexibility index (Phi) is 4.75. The maximum Gasteiger partial charge on any atom is 0.211 e. The summed E-state index contributed by atoms with van der Waals surface area (Å²) >= 11 is 0. The largest absolute Gasteiger partial charge is 0.504 e. The second-order valence-corrected chi connectivity index (χ2v) is 4.60. The number of phenols is 3. The Morgan fingerprint density at radius 2 is 1.48 bits per heavy atom. The first-order valence-corrected chi connectivity index (χ1v) is 6.67. The van der Waals surface area contributed by atoms with Crippen molar-refractivity contribution in [1.82, 2.24) is 0 Å². The van der Waals surface area contributed by atoms with E-state index in [9.17, 15) is 20.1 Å². The predicted molar refractivity (Wildman–Crippen MR) is 84.3 cm³/mol. The van der Waals surface area contributed by atoms with E-state index in [0.29, 0.717) is 0 Å². The Bertz CT molecular complexity index is 750. The average molecular weight is 316 g/mol. The van der Waals surface area contributed by atoms with Gasteiger partial charge in [-0.25, -0.2) is 0 Å². The molecule has 0 saturated carbocycles. The number of rotatable bonds is 5. The van der Waals surface area contributed by atoms with Gasteiger partial charge in [0, 0.05) is 0 Å². The van der Waals surface area contributed by atoms with Gasteiger partial charge in [0.1, 0.15) is 5.56 Å². The third-order valence-electron chi connectivity index (χ3n) is 3.22. The van der Waals surface area contributed by atoms with Crippen molar-refractivity contribution in [2.24, 2.45) is 0 Å². The lowest BCUT2D eigenvalue weighted by atomic mass is 10.0. The van der Waals surface area contributed by atoms with Crippen molar-refractivity contribution in [3.05, 3.63) is 47.5 Å². The van der Waals surface area contributed by atoms with E-state index < -0.39 is 28.6 Å². The van der Waals surface area contributed by atoms with E-state index >= 15 is 0 Å². The molecular formula is C17H16O6. The SMILES string of the molecule is COc1c(O)c(O)c(C(=O)C=Cc2ccccc2)c(O)c1OC. The molecule has 2 rings (SSSR count). The highest BCUT2D eigenvalue weighted by Crippen LogP contribution is 2.52. The van der Waals surface area contributed by atoms with Gasteiger partial charge in [-0.1, -0.05) is 36.4 Å². The number of hydrogen-bond donors (Lipinski definition) is 3. The summed E-state index contributed by atoms with van der Waals surface area (Å²) < 4.78 is 9.80. The molecule has 0 aliphatic heterocycles. The lowest BCUT2D eigenvalue weighted by Gasteiger charge is -2.15. The summed E-state index contributed by atoms with van der Waals surface area (Å²) in [7, 11) is 2.47. The predicted octanol–water partition coefficient (Wildman–Crippen LogP) is 2.72. The maximum atomic E-state index is 12.3. The lowest BCUT2D eigenvalue weighted by molar-refractivity contribution is 0.104. The second-order valence-electron chi connectivity index (χ2n) is 4.60. The summed E-state index contributed by atoms with van der Waals surface area (Å²) in [5.41, 5.74) is 0.303. The van der Waals surface area contributed by atoms with Gasteiger partial charge in [0.25, 0.3) is 0 Å². The molecule has 6 nitrogen and oxygen atoms in total. The molecule has 0 aromatic heterocycles. The Labute approximate surface area is 132 Å². The van der Waals surface area contributed by atoms with Crippen molar-refractivity contribution in [2.45, 2.75) is 0 Å². The van der Waals surface area contributed by atoms with E-state index in [-0.39, 0.29) is 11.5 Å². The van der Waals surface area contributed by atoms with Crippen molar-refractivity contribution in [2.75, 3.05) is 14.2 Å². The zero-order valence-electron chi connectivity index (χ0n) is 12.6. The molecule has 2 aromatic rings. The van der Waals surface area contributed by atoms with Gasteiger partial charge >= 0.3 is 0 Å². The highest BCUT2D eigenvalue weighted by atomic mass is 16.5. The number of carbonyl (C=O) groups excluding carboxylic acids is 1. The van der Waals surface area contributed by atoms with Gasteiger partial charge in [0.2, 0.25) is 17.2 Å². The number of methoxy groups -OCH3 is 2. The molecule has 0 radical (unpaired) electrons. The molecule has 0 saturated heterocycles. The first-order chi connectivity index (χ1) is 11.0. The van der Waals surface area contributed by atoms with Crippen LogP contribution in [0.5, 0.6) is 28.7 Å². The van der Waals surface area contributed by atoms with E-state index in [0.717, 1.165) is 5.56 Å². The molecule has 23 heavy (non-hydrogen) atoms. The quantitative estimate of drug-likeness (QED) is 0.340. The van der Waals surface area contributed by atoms with Crippen LogP contribution in [-0.2, 0) is 0 Å². The van der Waals surface area contributed by atoms with Gasteiger partial charge in [-0.15, -0.1) is 0 Å². The van der Waals surface area contributed by atoms with E-state index in [2.05, 4.69) is 0 Å². The van der Waals surface area contributed by atoms with Crippen LogP contribution in [0, 0.1) is 0 Å². The summed E-state index contributed by atoms with van der Waals surface area (Å²) in [5, 5.41) is 30.0. The molecule has 0 amide bonds. The normalized spacial score (nSPS) is 10.7. The van der Waals surface area contributed by atoms with Gasteiger partial charge in [-0.05, 0) is 11.6 Å². The summed E-state index contributed by atoms with van der Waals surface area (Å²) in [4.78, 5) is 12.3. The number of phenolic OH excluding ortho intramolecular Hbond substituents is 3. The van der Waals surface area contributed by atoms with Crippen LogP contribution in [0.25, 0.3) is 6.08 Å². The number of carbonyl (C=O) groups is 1. The topological polar surface area (TPSA) is 96.2 Å². The lowest BCUT2D eigenvalue weighted by Crippen LogP contribution is -2.00. The third-order valence-corrected chi connectivity index (χ3v) is 3.22. The van der Waals surface area contributed by atoms with Crippen LogP contribution in [-0.4, -0.2) is 35.3 Å². The Morgan fingerprint density at radius 3 is 2.04 bits per heavy atom. The van der Waals surface area contributed by atoms with E-state index in [1.54, 1.807) is 24.3 Å². The smallest absolute Gasteiger partial charge is 0.211 e. The van der Waals surface area contributed by atoms with Crippen LogP contribution in [0.3, 0.4) is 0 Å². The molecule has 6 heteroatoms. The van der Waals surface area contributed by atoms with Gasteiger partial charge in [0.05, 0.1) is 14.2 Å². The van der Waals surface area contributed by atoms with Crippen molar-refractivity contribution in [3.8, 4) is 28.7 Å². The summed E-state index contributed by atoms with van der Waals surface area (Å²) in [6.07, 6.45) is 2.70. The molecule has 0 fully saturated rings. The maximum absolute atomic E-state index is 12.3. The molecule has 0 spiro atoms. The zero-order valence-corrected chi connectivity index (χ0v) is 12.6. The number of allylic oxidation sites excluding steroid dienone is 1. The zero-order chi connectivity index (χ0) is 17.0. The molecule has 0 aliphatic rings. The van der Waals surface area contributed by atoms with Gasteiger partial charge in [-0.3, -0.25) is 4.79 Å². The fourth-order valence-electron chi connectivity index (χ4n) is 2.10. The number of benzene rings is 2. The van der Waals surface area contributed by atoms with Gasteiger partial charge in [0.15, 0.2) is 17.3 Å². The van der Waals surface area contributed by atoms with E-state index in [1.165, 1.54) is 26.4 Å². The van der Waals surface area contributed by atoms with Gasteiger partial charge in [-0.2, -0.15) is 0 Å². The monoisotopic (exact) mass is 316 g/mol. The Hall–Kier alpha value is -3.15. The fourth-order valence-corrected chi connectivity index (χ4v) is 2.10. The molecule has 0 heterocycles. The molecular weight excluding hydrogens is 300 g/mol. The molecule has 0 unspecified atom stereocenters. The number of hydrogen-bond acceptors (Lipinski definition) is 6. The first-order valence-electron chi connectivity index (χ1n) is 6.67. The standard InChI is InChI=1S/C17H16O6/c1-22-16-14(20)12(13(19)15(21)17(16)23-2)11(18)9-8-10-6-4-3-5-7-10/h3-9,19-21H,1-2H3. The number of ketones is 1. The Morgan fingerprint density at radius 1 is 0.913 bits per heavy atom. The van der Waals surface area contributed by atoms with Crippen molar-refractivity contribution in [3.63, 3.8) is 0 Å². The second kappa shape index (κ2) is 6.74. The summed E-state index contributed by atoms with van der Waals surface area (Å²) in [6, 6.07) is 9.02. The fraction of sp³-hybridized carbons (Fsp3) is 0.118. The molecule has 2 aromatic carbocycles. The van der Waals surface area contributed by atoms with Crippen LogP contribution in [0.4, 0.5) is 0 Å². The van der Waals surface area contributed by atoms with Crippen LogP contribution in [0.1, 0.15) is 15.9 Å². The molecule has 0 bridgehead atoms. The number of ether oxygens (including phenoxy) is 2. The van der Waals surface area contributed by atoms with Crippen molar-refractivity contribution in [1.29, 1.82) is 0 Å². The van der Waals surface area contributed by atoms with E-state index in [1.807, 2.05) is 6.07 Å². The molecule has 3 N–H and O–H groups in total. The van der Waals surface area contributed by atoms with Crippen LogP contribution < -0.4 is 9.47 Å². The highest BCUT2D eigenvalue weighted by molar-refractivity contribution is 6.12. The molecule has 0 aliphatic carbocycles. The van der Waals surface area contributed by atoms with E-state index in [4.69, 9.17) is 9.47 Å². The Balaban J connectivity index is 2.49. The van der Waals surface area contributed by atoms with Crippen LogP contribution in [0.15, 0.2) is 36.4 Å². The number of aromatic hydroxyl groups is 3. The van der Waals surface area contributed by atoms with Crippen LogP contribution >= 0.6 is 0 Å². The molecule has 120 valence electrons. The van der Waals surface area contributed by atoms with Crippen molar-refractivity contribution >= 4 is 11.9 Å². The molecule has 0 atom stereocenters. The minimum atomic E-state index is -0.775. The van der Waals surface area contributed by atoms with Gasteiger partial charge < -0.3 is 24.8 Å². The minimum Gasteiger partial charge on any atom is -0.504 e.